The van der Waals surface area contributed by atoms with Crippen molar-refractivity contribution in [2.75, 3.05) is 20.9 Å². The summed E-state index contributed by atoms with van der Waals surface area (Å²) in [6, 6.07) is 15.2. The maximum Gasteiger partial charge on any atom is 0.304 e. The number of carbonyl (C=O) groups is 2. The molecule has 1 saturated carbocycles. The van der Waals surface area contributed by atoms with Crippen molar-refractivity contribution in [3.8, 4) is 0 Å². The molecular weight excluding hydrogens is 458 g/mol. The Bertz CT molecular complexity index is 1070. The number of ether oxygens (including phenoxy) is 1. The monoisotopic (exact) mass is 485 g/mol. The number of carbonyl (C=O) groups excluding carboxylic acids is 2. The Morgan fingerprint density at radius 2 is 1.91 bits per heavy atom. The summed E-state index contributed by atoms with van der Waals surface area (Å²) in [5.74, 6) is -0.535. The highest BCUT2D eigenvalue weighted by Gasteiger charge is 2.47. The third kappa shape index (κ3) is 6.14. The van der Waals surface area contributed by atoms with Gasteiger partial charge in [-0.15, -0.1) is 0 Å². The zero-order valence-corrected chi connectivity index (χ0v) is 20.4. The van der Waals surface area contributed by atoms with Gasteiger partial charge in [-0.3, -0.25) is 9.59 Å². The molecule has 0 N–H and O–H groups in total. The number of benzene rings is 2. The molecule has 0 aliphatic heterocycles. The fraction of sp³-hybridized carbons (Fsp3) is 0.360. The average Bonchev–Trinajstić information content (AvgIpc) is 3.62. The molecular formula is C25H28ClN3O5. The zero-order valence-electron chi connectivity index (χ0n) is 19.6. The minimum Gasteiger partial charge on any atom is -0.444 e. The summed E-state index contributed by atoms with van der Waals surface area (Å²) < 4.78 is 4.96. The first kappa shape index (κ1) is 25.2. The van der Waals surface area contributed by atoms with Crippen LogP contribution in [-0.2, 0) is 24.0 Å². The van der Waals surface area contributed by atoms with Crippen molar-refractivity contribution in [2.24, 2.45) is 16.2 Å². The topological polar surface area (TPSA) is 89.8 Å². The maximum absolute atomic E-state index is 13.2. The van der Waals surface area contributed by atoms with Gasteiger partial charge >= 0.3 is 5.97 Å². The SMILES string of the molecule is C/C=N/OC(c1ccccc1/C(=N/OC)C(=O)N(C)COC(C)=O)C1CC1c1ccc(Cl)cc1. The Kier molecular flexibility index (Phi) is 8.65. The van der Waals surface area contributed by atoms with Crippen LogP contribution >= 0.6 is 11.6 Å². The van der Waals surface area contributed by atoms with Gasteiger partial charge in [0.05, 0.1) is 0 Å². The summed E-state index contributed by atoms with van der Waals surface area (Å²) in [6.07, 6.45) is 2.07. The van der Waals surface area contributed by atoms with Gasteiger partial charge in [0, 0.05) is 42.3 Å². The molecule has 0 radical (unpaired) electrons. The molecule has 9 heteroatoms. The van der Waals surface area contributed by atoms with Crippen LogP contribution in [0.3, 0.4) is 0 Å². The fourth-order valence-corrected chi connectivity index (χ4v) is 3.94. The summed E-state index contributed by atoms with van der Waals surface area (Å²) in [5.41, 5.74) is 2.57. The van der Waals surface area contributed by atoms with E-state index in [2.05, 4.69) is 10.3 Å². The molecule has 34 heavy (non-hydrogen) atoms. The Morgan fingerprint density at radius 3 is 2.56 bits per heavy atom. The van der Waals surface area contributed by atoms with Crippen LogP contribution in [-0.4, -0.2) is 49.6 Å². The number of halogens is 1. The van der Waals surface area contributed by atoms with Crippen molar-refractivity contribution < 1.29 is 24.0 Å². The van der Waals surface area contributed by atoms with Crippen LogP contribution in [0.2, 0.25) is 5.02 Å². The van der Waals surface area contributed by atoms with Crippen LogP contribution in [0.4, 0.5) is 0 Å². The van der Waals surface area contributed by atoms with E-state index in [1.807, 2.05) is 42.5 Å². The molecule has 0 bridgehead atoms. The molecule has 0 saturated heterocycles. The summed E-state index contributed by atoms with van der Waals surface area (Å²) in [7, 11) is 2.89. The molecule has 1 aliphatic carbocycles. The predicted octanol–water partition coefficient (Wildman–Crippen LogP) is 4.54. The Hall–Kier alpha value is -3.39. The number of hydrogen-bond acceptors (Lipinski definition) is 7. The maximum atomic E-state index is 13.2. The lowest BCUT2D eigenvalue weighted by molar-refractivity contribution is -0.147. The van der Waals surface area contributed by atoms with Crippen LogP contribution in [0.25, 0.3) is 0 Å². The summed E-state index contributed by atoms with van der Waals surface area (Å²) in [5, 5.41) is 8.75. The smallest absolute Gasteiger partial charge is 0.304 e. The molecule has 3 unspecified atom stereocenters. The molecule has 8 nitrogen and oxygen atoms in total. The van der Waals surface area contributed by atoms with Gasteiger partial charge in [0.1, 0.15) is 7.11 Å². The number of esters is 1. The minimum atomic E-state index is -0.488. The van der Waals surface area contributed by atoms with Crippen molar-refractivity contribution in [1.82, 2.24) is 4.90 Å². The molecule has 0 aromatic heterocycles. The van der Waals surface area contributed by atoms with Crippen LogP contribution < -0.4 is 0 Å². The molecule has 3 atom stereocenters. The van der Waals surface area contributed by atoms with E-state index in [9.17, 15) is 9.59 Å². The van der Waals surface area contributed by atoms with Crippen molar-refractivity contribution >= 4 is 35.4 Å². The first-order valence-corrected chi connectivity index (χ1v) is 11.2. The molecule has 1 amide bonds. The molecule has 2 aromatic carbocycles. The van der Waals surface area contributed by atoms with Gasteiger partial charge in [0.2, 0.25) is 0 Å². The Balaban J connectivity index is 1.94. The summed E-state index contributed by atoms with van der Waals surface area (Å²) >= 11 is 6.05. The number of hydrogen-bond donors (Lipinski definition) is 0. The molecule has 0 spiro atoms. The highest BCUT2D eigenvalue weighted by Crippen LogP contribution is 2.56. The molecule has 1 aliphatic rings. The van der Waals surface area contributed by atoms with E-state index in [-0.39, 0.29) is 24.3 Å². The summed E-state index contributed by atoms with van der Waals surface area (Å²) in [6.45, 7) is 2.85. The normalized spacial score (nSPS) is 18.3. The van der Waals surface area contributed by atoms with Gasteiger partial charge in [-0.2, -0.15) is 0 Å². The predicted molar refractivity (Wildman–Crippen MR) is 130 cm³/mol. The van der Waals surface area contributed by atoms with Gasteiger partial charge in [0.15, 0.2) is 18.5 Å². The van der Waals surface area contributed by atoms with Crippen LogP contribution in [0.5, 0.6) is 0 Å². The lowest BCUT2D eigenvalue weighted by Gasteiger charge is -2.22. The van der Waals surface area contributed by atoms with Gasteiger partial charge in [0.25, 0.3) is 5.91 Å². The third-order valence-corrected chi connectivity index (χ3v) is 5.77. The number of likely N-dealkylation sites (N-methyl/N-ethyl adjacent to an activating group) is 1. The Labute approximate surface area is 204 Å². The Morgan fingerprint density at radius 1 is 1.21 bits per heavy atom. The van der Waals surface area contributed by atoms with Gasteiger partial charge in [-0.25, -0.2) is 0 Å². The van der Waals surface area contributed by atoms with E-state index in [1.54, 1.807) is 19.2 Å². The zero-order chi connectivity index (χ0) is 24.7. The third-order valence-electron chi connectivity index (χ3n) is 5.52. The van der Waals surface area contributed by atoms with E-state index in [0.717, 1.165) is 12.0 Å². The number of rotatable bonds is 10. The second kappa shape index (κ2) is 11.7. The van der Waals surface area contributed by atoms with Crippen molar-refractivity contribution in [1.29, 1.82) is 0 Å². The van der Waals surface area contributed by atoms with E-state index in [4.69, 9.17) is 26.0 Å². The van der Waals surface area contributed by atoms with E-state index in [0.29, 0.717) is 10.6 Å². The molecule has 0 heterocycles. The number of nitrogens with zero attached hydrogens (tertiary/aromatic N) is 3. The van der Waals surface area contributed by atoms with Crippen LogP contribution in [0.1, 0.15) is 49.0 Å². The summed E-state index contributed by atoms with van der Waals surface area (Å²) in [4.78, 5) is 36.5. The fourth-order valence-electron chi connectivity index (χ4n) is 3.82. The quantitative estimate of drug-likeness (QED) is 0.213. The van der Waals surface area contributed by atoms with Crippen molar-refractivity contribution in [2.45, 2.75) is 32.3 Å². The first-order valence-electron chi connectivity index (χ1n) is 10.9. The second-order valence-electron chi connectivity index (χ2n) is 7.93. The average molecular weight is 486 g/mol. The minimum absolute atomic E-state index is 0.0746. The van der Waals surface area contributed by atoms with E-state index >= 15 is 0 Å². The lowest BCUT2D eigenvalue weighted by atomic mass is 9.94. The number of oxime groups is 2. The first-order chi connectivity index (χ1) is 16.4. The van der Waals surface area contributed by atoms with Gasteiger partial charge in [-0.05, 0) is 37.0 Å². The lowest BCUT2D eigenvalue weighted by Crippen LogP contribution is -2.36. The van der Waals surface area contributed by atoms with Crippen molar-refractivity contribution in [3.63, 3.8) is 0 Å². The molecule has 1 fully saturated rings. The van der Waals surface area contributed by atoms with E-state index in [1.165, 1.54) is 31.5 Å². The highest BCUT2D eigenvalue weighted by atomic mass is 35.5. The van der Waals surface area contributed by atoms with Gasteiger partial charge < -0.3 is 19.3 Å². The molecule has 2 aromatic rings. The van der Waals surface area contributed by atoms with Crippen LogP contribution in [0.15, 0.2) is 58.8 Å². The number of amides is 1. The molecule has 3 rings (SSSR count). The highest BCUT2D eigenvalue weighted by molar-refractivity contribution is 6.45. The molecule has 180 valence electrons. The second-order valence-corrected chi connectivity index (χ2v) is 8.36. The van der Waals surface area contributed by atoms with Crippen molar-refractivity contribution in [3.05, 3.63) is 70.2 Å². The standard InChI is InChI=1S/C25H28ClN3O5/c1-5-27-34-24(22-14-21(22)17-10-12-18(26)13-11-17)20-9-7-6-8-19(20)23(28-32-4)25(31)29(3)15-33-16(2)30/h5-13,21-22,24H,14-15H2,1-4H3/b27-5+,28-23-. The van der Waals surface area contributed by atoms with Gasteiger partial charge in [-0.1, -0.05) is 58.3 Å². The van der Waals surface area contributed by atoms with Crippen LogP contribution in [0, 0.1) is 5.92 Å². The largest absolute Gasteiger partial charge is 0.444 e. The van der Waals surface area contributed by atoms with E-state index < -0.39 is 18.0 Å².